The summed E-state index contributed by atoms with van der Waals surface area (Å²) in [4.78, 5) is 20.9. The molecule has 7 nitrogen and oxygen atoms in total. The molecular formula is C15H12ClN5O2. The van der Waals surface area contributed by atoms with Crippen LogP contribution in [0.3, 0.4) is 0 Å². The second-order valence-corrected chi connectivity index (χ2v) is 4.69. The highest BCUT2D eigenvalue weighted by Crippen LogP contribution is 2.35. The van der Waals surface area contributed by atoms with E-state index in [4.69, 9.17) is 27.3 Å². The number of urea groups is 1. The summed E-state index contributed by atoms with van der Waals surface area (Å²) >= 11 is 6.00. The van der Waals surface area contributed by atoms with E-state index >= 15 is 0 Å². The molecule has 0 saturated carbocycles. The van der Waals surface area contributed by atoms with Crippen LogP contribution in [0.25, 0.3) is 0 Å². The minimum atomic E-state index is -0.797. The average Bonchev–Trinajstić information content (AvgIpc) is 2.54. The standard InChI is InChI=1S/C15H12ClN5O2/c1-2-5-23-13-4-3-10(16)6-12(13)21(15(18)22)14-9-19-11(7-17)8-20-14/h2-4,6,8-9H,1,5H2,(H2,18,22). The molecule has 23 heavy (non-hydrogen) atoms. The van der Waals surface area contributed by atoms with Gasteiger partial charge < -0.3 is 10.5 Å². The van der Waals surface area contributed by atoms with Crippen molar-refractivity contribution in [2.24, 2.45) is 5.73 Å². The molecule has 0 aliphatic rings. The molecule has 116 valence electrons. The molecule has 0 saturated heterocycles. The van der Waals surface area contributed by atoms with Crippen LogP contribution >= 0.6 is 11.6 Å². The molecule has 2 aromatic rings. The topological polar surface area (TPSA) is 105 Å². The number of ether oxygens (including phenoxy) is 1. The lowest BCUT2D eigenvalue weighted by molar-refractivity contribution is 0.255. The summed E-state index contributed by atoms with van der Waals surface area (Å²) in [6.07, 6.45) is 4.07. The maximum atomic E-state index is 11.9. The summed E-state index contributed by atoms with van der Waals surface area (Å²) in [6, 6.07) is 5.79. The zero-order valence-corrected chi connectivity index (χ0v) is 12.7. The fourth-order valence-corrected chi connectivity index (χ4v) is 1.95. The number of halogens is 1. The number of aromatic nitrogens is 2. The van der Waals surface area contributed by atoms with Crippen LogP contribution in [-0.2, 0) is 0 Å². The summed E-state index contributed by atoms with van der Waals surface area (Å²) in [7, 11) is 0. The van der Waals surface area contributed by atoms with Crippen LogP contribution in [0.1, 0.15) is 5.69 Å². The molecule has 2 amide bonds. The second kappa shape index (κ2) is 7.24. The maximum absolute atomic E-state index is 11.9. The third-order valence-electron chi connectivity index (χ3n) is 2.72. The fraction of sp³-hybridized carbons (Fsp3) is 0.0667. The van der Waals surface area contributed by atoms with Gasteiger partial charge in [-0.3, -0.25) is 0 Å². The number of primary amides is 1. The molecule has 2 N–H and O–H groups in total. The molecule has 8 heteroatoms. The van der Waals surface area contributed by atoms with Crippen LogP contribution in [0.5, 0.6) is 5.75 Å². The highest BCUT2D eigenvalue weighted by Gasteiger charge is 2.21. The lowest BCUT2D eigenvalue weighted by Crippen LogP contribution is -2.32. The van der Waals surface area contributed by atoms with Gasteiger partial charge in [0.1, 0.15) is 18.4 Å². The third-order valence-corrected chi connectivity index (χ3v) is 2.96. The second-order valence-electron chi connectivity index (χ2n) is 4.26. The lowest BCUT2D eigenvalue weighted by Gasteiger charge is -2.22. The summed E-state index contributed by atoms with van der Waals surface area (Å²) in [5.74, 6) is 0.515. The van der Waals surface area contributed by atoms with Crippen molar-refractivity contribution in [3.63, 3.8) is 0 Å². The smallest absolute Gasteiger partial charge is 0.325 e. The zero-order chi connectivity index (χ0) is 16.8. The van der Waals surface area contributed by atoms with Crippen molar-refractivity contribution in [2.75, 3.05) is 11.5 Å². The highest BCUT2D eigenvalue weighted by atomic mass is 35.5. The molecule has 1 heterocycles. The van der Waals surface area contributed by atoms with E-state index in [1.54, 1.807) is 18.2 Å². The Hall–Kier alpha value is -3.11. The van der Waals surface area contributed by atoms with Gasteiger partial charge in [0.25, 0.3) is 0 Å². The number of carbonyl (C=O) groups is 1. The van der Waals surface area contributed by atoms with Gasteiger partial charge in [-0.15, -0.1) is 0 Å². The molecule has 0 bridgehead atoms. The summed E-state index contributed by atoms with van der Waals surface area (Å²) in [6.45, 7) is 3.81. The first kappa shape index (κ1) is 16.3. The quantitative estimate of drug-likeness (QED) is 0.849. The molecule has 0 radical (unpaired) electrons. The van der Waals surface area contributed by atoms with E-state index in [2.05, 4.69) is 16.5 Å². The van der Waals surface area contributed by atoms with Crippen LogP contribution in [0.15, 0.2) is 43.2 Å². The van der Waals surface area contributed by atoms with Crippen LogP contribution in [0.2, 0.25) is 5.02 Å². The van der Waals surface area contributed by atoms with Gasteiger partial charge in [-0.25, -0.2) is 19.7 Å². The van der Waals surface area contributed by atoms with Crippen molar-refractivity contribution in [3.8, 4) is 11.8 Å². The number of nitrogens with zero attached hydrogens (tertiary/aromatic N) is 4. The molecule has 0 aliphatic heterocycles. The number of nitriles is 1. The van der Waals surface area contributed by atoms with Crippen LogP contribution < -0.4 is 15.4 Å². The summed E-state index contributed by atoms with van der Waals surface area (Å²) in [5.41, 5.74) is 5.88. The SMILES string of the molecule is C=CCOc1ccc(Cl)cc1N(C(N)=O)c1cnc(C#N)cn1. The number of nitrogens with two attached hydrogens (primary N) is 1. The Balaban J connectivity index is 2.52. The van der Waals surface area contributed by atoms with Crippen molar-refractivity contribution in [3.05, 3.63) is 54.0 Å². The van der Waals surface area contributed by atoms with E-state index in [0.29, 0.717) is 16.5 Å². The van der Waals surface area contributed by atoms with Crippen molar-refractivity contribution >= 4 is 29.1 Å². The Morgan fingerprint density at radius 3 is 2.83 bits per heavy atom. The van der Waals surface area contributed by atoms with Gasteiger partial charge in [0, 0.05) is 5.02 Å². The Kier molecular flexibility index (Phi) is 5.12. The largest absolute Gasteiger partial charge is 0.487 e. The Labute approximate surface area is 137 Å². The Morgan fingerprint density at radius 1 is 1.48 bits per heavy atom. The average molecular weight is 330 g/mol. The van der Waals surface area contributed by atoms with Crippen molar-refractivity contribution in [1.29, 1.82) is 5.26 Å². The number of hydrogen-bond acceptors (Lipinski definition) is 5. The van der Waals surface area contributed by atoms with Gasteiger partial charge >= 0.3 is 6.03 Å². The highest BCUT2D eigenvalue weighted by molar-refractivity contribution is 6.31. The van der Waals surface area contributed by atoms with Crippen LogP contribution in [-0.4, -0.2) is 22.6 Å². The maximum Gasteiger partial charge on any atom is 0.325 e. The number of rotatable bonds is 5. The van der Waals surface area contributed by atoms with E-state index in [-0.39, 0.29) is 18.1 Å². The normalized spacial score (nSPS) is 9.74. The fourth-order valence-electron chi connectivity index (χ4n) is 1.79. The zero-order valence-electron chi connectivity index (χ0n) is 11.9. The molecule has 0 unspecified atom stereocenters. The number of amides is 2. The van der Waals surface area contributed by atoms with Gasteiger partial charge in [0.2, 0.25) is 0 Å². The monoisotopic (exact) mass is 329 g/mol. The molecule has 1 aromatic heterocycles. The molecule has 0 fully saturated rings. The van der Waals surface area contributed by atoms with E-state index in [1.807, 2.05) is 6.07 Å². The van der Waals surface area contributed by atoms with Crippen molar-refractivity contribution < 1.29 is 9.53 Å². The molecule has 1 aromatic carbocycles. The van der Waals surface area contributed by atoms with E-state index in [9.17, 15) is 4.79 Å². The predicted molar refractivity (Wildman–Crippen MR) is 85.6 cm³/mol. The van der Waals surface area contributed by atoms with Crippen LogP contribution in [0, 0.1) is 11.3 Å². The number of hydrogen-bond donors (Lipinski definition) is 1. The van der Waals surface area contributed by atoms with E-state index in [0.717, 1.165) is 4.90 Å². The van der Waals surface area contributed by atoms with Crippen molar-refractivity contribution in [1.82, 2.24) is 9.97 Å². The molecule has 0 spiro atoms. The molecular weight excluding hydrogens is 318 g/mol. The third kappa shape index (κ3) is 3.75. The van der Waals surface area contributed by atoms with Crippen molar-refractivity contribution in [2.45, 2.75) is 0 Å². The first-order chi connectivity index (χ1) is 11.1. The van der Waals surface area contributed by atoms with Crippen LogP contribution in [0.4, 0.5) is 16.3 Å². The number of benzene rings is 1. The first-order valence-electron chi connectivity index (χ1n) is 6.41. The van der Waals surface area contributed by atoms with Gasteiger partial charge in [0.05, 0.1) is 18.1 Å². The molecule has 0 atom stereocenters. The predicted octanol–water partition coefficient (Wildman–Crippen LogP) is 2.78. The van der Waals surface area contributed by atoms with Gasteiger partial charge in [0.15, 0.2) is 11.5 Å². The minimum absolute atomic E-state index is 0.118. The molecule has 2 rings (SSSR count). The number of anilines is 2. The first-order valence-corrected chi connectivity index (χ1v) is 6.79. The summed E-state index contributed by atoms with van der Waals surface area (Å²) in [5, 5.41) is 9.15. The van der Waals surface area contributed by atoms with E-state index in [1.165, 1.54) is 18.5 Å². The Morgan fingerprint density at radius 2 is 2.26 bits per heavy atom. The van der Waals surface area contributed by atoms with Gasteiger partial charge in [-0.1, -0.05) is 24.3 Å². The lowest BCUT2D eigenvalue weighted by atomic mass is 10.2. The Bertz CT molecular complexity index is 770. The summed E-state index contributed by atoms with van der Waals surface area (Å²) < 4.78 is 5.51. The minimum Gasteiger partial charge on any atom is -0.487 e. The van der Waals surface area contributed by atoms with Gasteiger partial charge in [-0.2, -0.15) is 5.26 Å². The van der Waals surface area contributed by atoms with E-state index < -0.39 is 6.03 Å². The van der Waals surface area contributed by atoms with Gasteiger partial charge in [-0.05, 0) is 18.2 Å². The molecule has 0 aliphatic carbocycles. The number of carbonyl (C=O) groups excluding carboxylic acids is 1.